The molecule has 1 N–H and O–H groups in total. The molecule has 0 unspecified atom stereocenters. The molecule has 0 aliphatic carbocycles. The minimum atomic E-state index is 0.138. The number of halogens is 1. The van der Waals surface area contributed by atoms with E-state index in [0.29, 0.717) is 22.9 Å². The molecule has 0 heterocycles. The SMILES string of the molecule is COCCN(Cc1cc(Br)c(O)c(OC)c1)C(C)C. The van der Waals surface area contributed by atoms with E-state index in [1.807, 2.05) is 12.1 Å². The van der Waals surface area contributed by atoms with Crippen LogP contribution < -0.4 is 4.74 Å². The minimum absolute atomic E-state index is 0.138. The van der Waals surface area contributed by atoms with Crippen molar-refractivity contribution >= 4 is 15.9 Å². The largest absolute Gasteiger partial charge is 0.503 e. The van der Waals surface area contributed by atoms with Crippen molar-refractivity contribution in [2.24, 2.45) is 0 Å². The van der Waals surface area contributed by atoms with Gasteiger partial charge in [0, 0.05) is 26.2 Å². The molecule has 0 spiro atoms. The normalized spacial score (nSPS) is 11.3. The fourth-order valence-electron chi connectivity index (χ4n) is 1.84. The van der Waals surface area contributed by atoms with Crippen LogP contribution in [0.4, 0.5) is 0 Å². The van der Waals surface area contributed by atoms with Crippen LogP contribution >= 0.6 is 15.9 Å². The standard InChI is InChI=1S/C14H22BrNO3/c1-10(2)16(5-6-18-3)9-11-7-12(15)14(17)13(8-11)19-4/h7-8,10,17H,5-6,9H2,1-4H3. The molecular weight excluding hydrogens is 310 g/mol. The Morgan fingerprint density at radius 3 is 2.53 bits per heavy atom. The number of methoxy groups -OCH3 is 2. The molecule has 0 radical (unpaired) electrons. The third-order valence-electron chi connectivity index (χ3n) is 3.01. The second-order valence-electron chi connectivity index (χ2n) is 4.69. The third-order valence-corrected chi connectivity index (χ3v) is 3.61. The van der Waals surface area contributed by atoms with Gasteiger partial charge < -0.3 is 14.6 Å². The van der Waals surface area contributed by atoms with Crippen LogP contribution in [0.15, 0.2) is 16.6 Å². The highest BCUT2D eigenvalue weighted by Gasteiger charge is 2.13. The van der Waals surface area contributed by atoms with Crippen LogP contribution in [0.1, 0.15) is 19.4 Å². The molecule has 19 heavy (non-hydrogen) atoms. The Morgan fingerprint density at radius 2 is 2.00 bits per heavy atom. The number of hydrogen-bond donors (Lipinski definition) is 1. The highest BCUT2D eigenvalue weighted by molar-refractivity contribution is 9.10. The van der Waals surface area contributed by atoms with E-state index in [1.165, 1.54) is 0 Å². The number of phenols is 1. The van der Waals surface area contributed by atoms with Crippen LogP contribution in [0.2, 0.25) is 0 Å². The number of hydrogen-bond acceptors (Lipinski definition) is 4. The lowest BCUT2D eigenvalue weighted by Gasteiger charge is -2.26. The predicted molar refractivity (Wildman–Crippen MR) is 79.8 cm³/mol. The molecule has 5 heteroatoms. The first-order valence-corrected chi connectivity index (χ1v) is 7.07. The maximum atomic E-state index is 9.80. The van der Waals surface area contributed by atoms with E-state index >= 15 is 0 Å². The summed E-state index contributed by atoms with van der Waals surface area (Å²) < 4.78 is 10.9. The summed E-state index contributed by atoms with van der Waals surface area (Å²) in [4.78, 5) is 2.31. The summed E-state index contributed by atoms with van der Waals surface area (Å²) in [6, 6.07) is 4.20. The first-order valence-electron chi connectivity index (χ1n) is 6.28. The summed E-state index contributed by atoms with van der Waals surface area (Å²) in [5.74, 6) is 0.624. The molecule has 0 saturated carbocycles. The second-order valence-corrected chi connectivity index (χ2v) is 5.54. The average molecular weight is 332 g/mol. The Bertz CT molecular complexity index is 410. The highest BCUT2D eigenvalue weighted by Crippen LogP contribution is 2.35. The van der Waals surface area contributed by atoms with Crippen LogP contribution in [-0.4, -0.2) is 43.4 Å². The molecule has 4 nitrogen and oxygen atoms in total. The smallest absolute Gasteiger partial charge is 0.172 e. The van der Waals surface area contributed by atoms with Gasteiger partial charge in [0.25, 0.3) is 0 Å². The van der Waals surface area contributed by atoms with Crippen molar-refractivity contribution in [3.8, 4) is 11.5 Å². The highest BCUT2D eigenvalue weighted by atomic mass is 79.9. The van der Waals surface area contributed by atoms with Gasteiger partial charge in [0.1, 0.15) is 0 Å². The van der Waals surface area contributed by atoms with E-state index < -0.39 is 0 Å². The Kier molecular flexibility index (Phi) is 6.62. The van der Waals surface area contributed by atoms with Crippen molar-refractivity contribution < 1.29 is 14.6 Å². The van der Waals surface area contributed by atoms with Crippen LogP contribution in [0.3, 0.4) is 0 Å². The van der Waals surface area contributed by atoms with E-state index in [0.717, 1.165) is 18.7 Å². The molecule has 1 rings (SSSR count). The summed E-state index contributed by atoms with van der Waals surface area (Å²) in [5.41, 5.74) is 1.09. The molecule has 0 atom stereocenters. The van der Waals surface area contributed by atoms with Crippen molar-refractivity contribution in [2.75, 3.05) is 27.4 Å². The van der Waals surface area contributed by atoms with Crippen molar-refractivity contribution in [1.29, 1.82) is 0 Å². The molecular formula is C14H22BrNO3. The van der Waals surface area contributed by atoms with Crippen molar-refractivity contribution in [1.82, 2.24) is 4.90 Å². The molecule has 0 aliphatic rings. The Morgan fingerprint density at radius 1 is 1.32 bits per heavy atom. The zero-order valence-electron chi connectivity index (χ0n) is 11.9. The number of ether oxygens (including phenoxy) is 2. The summed E-state index contributed by atoms with van der Waals surface area (Å²) >= 11 is 3.34. The van der Waals surface area contributed by atoms with Crippen LogP contribution in [0, 0.1) is 0 Å². The number of nitrogens with zero attached hydrogens (tertiary/aromatic N) is 1. The van der Waals surface area contributed by atoms with Gasteiger partial charge in [0.15, 0.2) is 11.5 Å². The first-order chi connectivity index (χ1) is 8.99. The summed E-state index contributed by atoms with van der Waals surface area (Å²) in [7, 11) is 3.26. The quantitative estimate of drug-likeness (QED) is 0.833. The molecule has 0 saturated heterocycles. The van der Waals surface area contributed by atoms with Gasteiger partial charge in [-0.1, -0.05) is 0 Å². The monoisotopic (exact) mass is 331 g/mol. The van der Waals surface area contributed by atoms with Gasteiger partial charge in [0.05, 0.1) is 18.2 Å². The predicted octanol–water partition coefficient (Wildman–Crippen LogP) is 3.02. The maximum Gasteiger partial charge on any atom is 0.172 e. The van der Waals surface area contributed by atoms with Crippen molar-refractivity contribution in [3.05, 3.63) is 22.2 Å². The molecule has 0 amide bonds. The number of phenolic OH excluding ortho intramolecular Hbond substituents is 1. The van der Waals surface area contributed by atoms with Gasteiger partial charge in [-0.15, -0.1) is 0 Å². The molecule has 0 aromatic heterocycles. The minimum Gasteiger partial charge on any atom is -0.503 e. The Hall–Kier alpha value is -0.780. The average Bonchev–Trinajstić information content (AvgIpc) is 2.37. The van der Waals surface area contributed by atoms with E-state index in [9.17, 15) is 5.11 Å². The summed E-state index contributed by atoms with van der Waals surface area (Å²) in [6.07, 6.45) is 0. The number of rotatable bonds is 7. The van der Waals surface area contributed by atoms with Crippen LogP contribution in [-0.2, 0) is 11.3 Å². The van der Waals surface area contributed by atoms with Gasteiger partial charge in [-0.3, -0.25) is 4.90 Å². The fourth-order valence-corrected chi connectivity index (χ4v) is 2.33. The van der Waals surface area contributed by atoms with Gasteiger partial charge in [-0.2, -0.15) is 0 Å². The molecule has 1 aromatic carbocycles. The fraction of sp³-hybridized carbons (Fsp3) is 0.571. The zero-order chi connectivity index (χ0) is 14.4. The lowest BCUT2D eigenvalue weighted by Crippen LogP contribution is -2.33. The molecule has 0 fully saturated rings. The van der Waals surface area contributed by atoms with Crippen LogP contribution in [0.25, 0.3) is 0 Å². The van der Waals surface area contributed by atoms with E-state index in [-0.39, 0.29) is 5.75 Å². The second kappa shape index (κ2) is 7.72. The van der Waals surface area contributed by atoms with E-state index in [1.54, 1.807) is 14.2 Å². The molecule has 0 aliphatic heterocycles. The van der Waals surface area contributed by atoms with Gasteiger partial charge >= 0.3 is 0 Å². The number of aromatic hydroxyl groups is 1. The lowest BCUT2D eigenvalue weighted by atomic mass is 10.1. The summed E-state index contributed by atoms with van der Waals surface area (Å²) in [6.45, 7) is 6.67. The summed E-state index contributed by atoms with van der Waals surface area (Å²) in [5, 5.41) is 9.80. The van der Waals surface area contributed by atoms with Crippen molar-refractivity contribution in [2.45, 2.75) is 26.4 Å². The van der Waals surface area contributed by atoms with E-state index in [4.69, 9.17) is 9.47 Å². The molecule has 108 valence electrons. The molecule has 1 aromatic rings. The Labute approximate surface area is 123 Å². The molecule has 0 bridgehead atoms. The maximum absolute atomic E-state index is 9.80. The number of benzene rings is 1. The lowest BCUT2D eigenvalue weighted by molar-refractivity contribution is 0.125. The van der Waals surface area contributed by atoms with Gasteiger partial charge in [-0.05, 0) is 47.5 Å². The zero-order valence-corrected chi connectivity index (χ0v) is 13.5. The topological polar surface area (TPSA) is 41.9 Å². The first kappa shape index (κ1) is 16.3. The van der Waals surface area contributed by atoms with Gasteiger partial charge in [0.2, 0.25) is 0 Å². The Balaban J connectivity index is 2.87. The van der Waals surface area contributed by atoms with Gasteiger partial charge in [-0.25, -0.2) is 0 Å². The van der Waals surface area contributed by atoms with Crippen LogP contribution in [0.5, 0.6) is 11.5 Å². The van der Waals surface area contributed by atoms with E-state index in [2.05, 4.69) is 34.7 Å². The van der Waals surface area contributed by atoms with Crippen molar-refractivity contribution in [3.63, 3.8) is 0 Å². The third kappa shape index (κ3) is 4.67.